The number of methoxy groups -OCH3 is 2. The summed E-state index contributed by atoms with van der Waals surface area (Å²) in [4.78, 5) is 38.8. The third-order valence-corrected chi connectivity index (χ3v) is 5.29. The van der Waals surface area contributed by atoms with Gasteiger partial charge in [-0.3, -0.25) is 19.7 Å². The molecule has 0 saturated heterocycles. The molecule has 0 atom stereocenters. The summed E-state index contributed by atoms with van der Waals surface area (Å²) in [6.45, 7) is 0. The molecule has 4 rings (SSSR count). The molecule has 32 heavy (non-hydrogen) atoms. The van der Waals surface area contributed by atoms with Crippen molar-refractivity contribution in [1.82, 2.24) is 5.32 Å². The van der Waals surface area contributed by atoms with Crippen LogP contribution in [-0.4, -0.2) is 36.8 Å². The molecule has 0 heterocycles. The summed E-state index contributed by atoms with van der Waals surface area (Å²) < 4.78 is 10.5. The van der Waals surface area contributed by atoms with Crippen molar-refractivity contribution >= 4 is 40.5 Å². The molecular weight excluding hydrogens is 428 g/mol. The normalized spacial score (nSPS) is 11.8. The van der Waals surface area contributed by atoms with Gasteiger partial charge < -0.3 is 14.8 Å². The standard InChI is InChI=1S/C24H18N2O5S/c1-30-17-11-6-12-18(31-2)20(17)23(29)26-24(32)25-16-10-5-9-15-19(16)22(28)14-8-4-3-7-13(14)21(15)27/h3-12H,1-2H3,(H2,25,26,29,32). The quantitative estimate of drug-likeness (QED) is 0.463. The Balaban J connectivity index is 1.62. The lowest BCUT2D eigenvalue weighted by Crippen LogP contribution is -2.35. The molecule has 2 N–H and O–H groups in total. The van der Waals surface area contributed by atoms with Crippen LogP contribution in [0, 0.1) is 0 Å². The number of nitrogens with one attached hydrogen (secondary N) is 2. The summed E-state index contributed by atoms with van der Waals surface area (Å²) in [7, 11) is 2.89. The molecule has 3 aromatic carbocycles. The number of hydrogen-bond donors (Lipinski definition) is 2. The van der Waals surface area contributed by atoms with E-state index in [1.165, 1.54) is 14.2 Å². The lowest BCUT2D eigenvalue weighted by atomic mass is 9.83. The first kappa shape index (κ1) is 21.2. The molecular formula is C24H18N2O5S. The van der Waals surface area contributed by atoms with Gasteiger partial charge in [0.2, 0.25) is 0 Å². The van der Waals surface area contributed by atoms with Crippen LogP contribution in [0.5, 0.6) is 11.5 Å². The van der Waals surface area contributed by atoms with Crippen LogP contribution in [0.1, 0.15) is 42.2 Å². The van der Waals surface area contributed by atoms with Gasteiger partial charge in [0.15, 0.2) is 16.7 Å². The van der Waals surface area contributed by atoms with Gasteiger partial charge >= 0.3 is 0 Å². The molecule has 0 radical (unpaired) electrons. The van der Waals surface area contributed by atoms with Crippen LogP contribution in [0.25, 0.3) is 0 Å². The Morgan fingerprint density at radius 2 is 1.34 bits per heavy atom. The molecule has 0 fully saturated rings. The molecule has 160 valence electrons. The fourth-order valence-corrected chi connectivity index (χ4v) is 3.85. The zero-order valence-electron chi connectivity index (χ0n) is 17.2. The molecule has 7 nitrogen and oxygen atoms in total. The van der Waals surface area contributed by atoms with E-state index in [1.807, 2.05) is 0 Å². The summed E-state index contributed by atoms with van der Waals surface area (Å²) in [5, 5.41) is 5.40. The van der Waals surface area contributed by atoms with E-state index in [4.69, 9.17) is 21.7 Å². The summed E-state index contributed by atoms with van der Waals surface area (Å²) >= 11 is 5.30. The molecule has 0 unspecified atom stereocenters. The second-order valence-electron chi connectivity index (χ2n) is 6.88. The second-order valence-corrected chi connectivity index (χ2v) is 7.29. The molecule has 0 spiro atoms. The van der Waals surface area contributed by atoms with Gasteiger partial charge in [-0.05, 0) is 30.4 Å². The van der Waals surface area contributed by atoms with Gasteiger partial charge in [-0.25, -0.2) is 0 Å². The predicted molar refractivity (Wildman–Crippen MR) is 123 cm³/mol. The highest BCUT2D eigenvalue weighted by Crippen LogP contribution is 2.32. The maximum Gasteiger partial charge on any atom is 0.264 e. The number of ether oxygens (including phenoxy) is 2. The zero-order chi connectivity index (χ0) is 22.8. The second kappa shape index (κ2) is 8.60. The van der Waals surface area contributed by atoms with E-state index in [-0.39, 0.29) is 33.4 Å². The van der Waals surface area contributed by atoms with Gasteiger partial charge in [-0.15, -0.1) is 0 Å². The van der Waals surface area contributed by atoms with E-state index in [1.54, 1.807) is 60.7 Å². The van der Waals surface area contributed by atoms with Gasteiger partial charge in [-0.1, -0.05) is 42.5 Å². The van der Waals surface area contributed by atoms with Crippen molar-refractivity contribution in [2.45, 2.75) is 0 Å². The Morgan fingerprint density at radius 3 is 1.97 bits per heavy atom. The maximum atomic E-state index is 13.1. The lowest BCUT2D eigenvalue weighted by molar-refractivity contribution is 0.0970. The number of anilines is 1. The number of carbonyl (C=O) groups is 3. The first-order chi connectivity index (χ1) is 15.5. The number of carbonyl (C=O) groups excluding carboxylic acids is 3. The third-order valence-electron chi connectivity index (χ3n) is 5.08. The summed E-state index contributed by atoms with van der Waals surface area (Å²) in [6, 6.07) is 16.5. The molecule has 0 bridgehead atoms. The zero-order valence-corrected chi connectivity index (χ0v) is 18.0. The van der Waals surface area contributed by atoms with Crippen LogP contribution in [-0.2, 0) is 0 Å². The fourth-order valence-electron chi connectivity index (χ4n) is 3.64. The van der Waals surface area contributed by atoms with Crippen LogP contribution in [0.2, 0.25) is 0 Å². The van der Waals surface area contributed by atoms with Crippen LogP contribution in [0.3, 0.4) is 0 Å². The Labute approximate surface area is 189 Å². The van der Waals surface area contributed by atoms with Crippen molar-refractivity contribution in [1.29, 1.82) is 0 Å². The predicted octanol–water partition coefficient (Wildman–Crippen LogP) is 3.61. The van der Waals surface area contributed by atoms with E-state index >= 15 is 0 Å². The number of benzene rings is 3. The largest absolute Gasteiger partial charge is 0.496 e. The van der Waals surface area contributed by atoms with E-state index in [2.05, 4.69) is 10.6 Å². The van der Waals surface area contributed by atoms with Gasteiger partial charge in [0.25, 0.3) is 5.91 Å². The van der Waals surface area contributed by atoms with Crippen molar-refractivity contribution in [2.24, 2.45) is 0 Å². The smallest absolute Gasteiger partial charge is 0.264 e. The molecule has 0 aromatic heterocycles. The number of amides is 1. The van der Waals surface area contributed by atoms with Crippen molar-refractivity contribution in [3.8, 4) is 11.5 Å². The van der Waals surface area contributed by atoms with E-state index in [0.717, 1.165) is 0 Å². The van der Waals surface area contributed by atoms with Crippen LogP contribution in [0.15, 0.2) is 60.7 Å². The van der Waals surface area contributed by atoms with Gasteiger partial charge in [0.05, 0.1) is 25.5 Å². The number of thiocarbonyl (C=S) groups is 1. The number of fused-ring (bicyclic) bond motifs is 2. The summed E-state index contributed by atoms with van der Waals surface area (Å²) in [5.41, 5.74) is 1.68. The highest BCUT2D eigenvalue weighted by molar-refractivity contribution is 7.80. The first-order valence-electron chi connectivity index (χ1n) is 9.61. The molecule has 3 aromatic rings. The average Bonchev–Trinajstić information content (AvgIpc) is 2.81. The van der Waals surface area contributed by atoms with E-state index in [0.29, 0.717) is 28.3 Å². The molecule has 1 amide bonds. The van der Waals surface area contributed by atoms with Crippen molar-refractivity contribution in [2.75, 3.05) is 19.5 Å². The van der Waals surface area contributed by atoms with E-state index in [9.17, 15) is 14.4 Å². The van der Waals surface area contributed by atoms with Crippen molar-refractivity contribution < 1.29 is 23.9 Å². The lowest BCUT2D eigenvalue weighted by Gasteiger charge is -2.21. The van der Waals surface area contributed by atoms with Crippen molar-refractivity contribution in [3.63, 3.8) is 0 Å². The van der Waals surface area contributed by atoms with Gasteiger partial charge in [0.1, 0.15) is 17.1 Å². The monoisotopic (exact) mass is 446 g/mol. The Hall–Kier alpha value is -4.04. The minimum Gasteiger partial charge on any atom is -0.496 e. The third kappa shape index (κ3) is 3.61. The number of hydrogen-bond acceptors (Lipinski definition) is 6. The summed E-state index contributed by atoms with van der Waals surface area (Å²) in [6.07, 6.45) is 0. The molecule has 0 aliphatic heterocycles. The maximum absolute atomic E-state index is 13.1. The van der Waals surface area contributed by atoms with Gasteiger partial charge in [-0.2, -0.15) is 0 Å². The first-order valence-corrected chi connectivity index (χ1v) is 10.0. The Morgan fingerprint density at radius 1 is 0.781 bits per heavy atom. The molecule has 1 aliphatic carbocycles. The summed E-state index contributed by atoms with van der Waals surface area (Å²) in [5.74, 6) is -0.445. The van der Waals surface area contributed by atoms with E-state index < -0.39 is 5.91 Å². The highest BCUT2D eigenvalue weighted by Gasteiger charge is 2.31. The van der Waals surface area contributed by atoms with Crippen LogP contribution < -0.4 is 20.1 Å². The Bertz CT molecular complexity index is 1260. The van der Waals surface area contributed by atoms with Gasteiger partial charge in [0, 0.05) is 16.7 Å². The SMILES string of the molecule is COc1cccc(OC)c1C(=O)NC(=S)Nc1cccc2c1C(=O)c1ccccc1C2=O. The number of rotatable bonds is 4. The minimum absolute atomic E-state index is 0.0459. The fraction of sp³-hybridized carbons (Fsp3) is 0.0833. The molecule has 1 aliphatic rings. The van der Waals surface area contributed by atoms with Crippen molar-refractivity contribution in [3.05, 3.63) is 88.5 Å². The number of ketones is 2. The van der Waals surface area contributed by atoms with Crippen LogP contribution in [0.4, 0.5) is 5.69 Å². The average molecular weight is 446 g/mol. The molecule has 0 saturated carbocycles. The molecule has 8 heteroatoms. The highest BCUT2D eigenvalue weighted by atomic mass is 32.1. The van der Waals surface area contributed by atoms with Crippen LogP contribution >= 0.6 is 12.2 Å². The minimum atomic E-state index is -0.547. The topological polar surface area (TPSA) is 93.7 Å². The Kier molecular flexibility index (Phi) is 5.70.